The molecule has 1 aliphatic heterocycles. The van der Waals surface area contributed by atoms with Gasteiger partial charge in [-0.25, -0.2) is 0 Å². The lowest BCUT2D eigenvalue weighted by molar-refractivity contribution is 0.1000. The minimum absolute atomic E-state index is 0.255. The Labute approximate surface area is 136 Å². The first-order valence-corrected chi connectivity index (χ1v) is 7.99. The number of phenols is 1. The van der Waals surface area contributed by atoms with E-state index >= 15 is 0 Å². The Morgan fingerprint density at radius 2 is 1.87 bits per heavy atom. The van der Waals surface area contributed by atoms with Gasteiger partial charge in [-0.1, -0.05) is 12.1 Å². The Balaban J connectivity index is 1.93. The zero-order valence-corrected chi connectivity index (χ0v) is 13.4. The number of likely N-dealkylation sites (tertiary alicyclic amines) is 1. The molecule has 1 saturated heterocycles. The minimum atomic E-state index is -0.438. The molecule has 0 unspecified atom stereocenters. The van der Waals surface area contributed by atoms with Gasteiger partial charge in [-0.15, -0.1) is 0 Å². The second-order valence-corrected chi connectivity index (χ2v) is 6.23. The molecule has 0 aromatic heterocycles. The van der Waals surface area contributed by atoms with Gasteiger partial charge in [0.1, 0.15) is 5.75 Å². The van der Waals surface area contributed by atoms with Gasteiger partial charge in [0, 0.05) is 17.7 Å². The van der Waals surface area contributed by atoms with E-state index in [9.17, 15) is 9.90 Å². The number of carbonyl (C=O) groups excluding carboxylic acids is 1. The van der Waals surface area contributed by atoms with Crippen molar-refractivity contribution in [1.29, 1.82) is 0 Å². The van der Waals surface area contributed by atoms with Crippen LogP contribution in [0.3, 0.4) is 0 Å². The van der Waals surface area contributed by atoms with Gasteiger partial charge in [0.2, 0.25) is 5.91 Å². The summed E-state index contributed by atoms with van der Waals surface area (Å²) in [7, 11) is 0. The van der Waals surface area contributed by atoms with Gasteiger partial charge in [0.05, 0.1) is 0 Å². The van der Waals surface area contributed by atoms with Crippen LogP contribution in [0.25, 0.3) is 11.1 Å². The van der Waals surface area contributed by atoms with Gasteiger partial charge in [-0.2, -0.15) is 0 Å². The maximum Gasteiger partial charge on any atom is 0.248 e. The van der Waals surface area contributed by atoms with Crippen molar-refractivity contribution < 1.29 is 9.90 Å². The summed E-state index contributed by atoms with van der Waals surface area (Å²) in [5, 5.41) is 10.2. The highest BCUT2D eigenvalue weighted by molar-refractivity contribution is 5.94. The molecule has 0 radical (unpaired) electrons. The fraction of sp³-hybridized carbons (Fsp3) is 0.316. The molecular formula is C19H22N2O2. The molecule has 120 valence electrons. The maximum atomic E-state index is 11.3. The summed E-state index contributed by atoms with van der Waals surface area (Å²) in [5.41, 5.74) is 9.65. The van der Waals surface area contributed by atoms with Crippen LogP contribution in [0.15, 0.2) is 36.4 Å². The molecule has 1 amide bonds. The number of hydrogen-bond acceptors (Lipinski definition) is 3. The molecule has 3 N–H and O–H groups in total. The smallest absolute Gasteiger partial charge is 0.248 e. The van der Waals surface area contributed by atoms with Crippen LogP contribution in [0.5, 0.6) is 5.75 Å². The monoisotopic (exact) mass is 310 g/mol. The van der Waals surface area contributed by atoms with Gasteiger partial charge in [-0.05, 0) is 73.8 Å². The first kappa shape index (κ1) is 15.6. The number of aromatic hydroxyl groups is 1. The maximum absolute atomic E-state index is 11.3. The number of rotatable bonds is 4. The third kappa shape index (κ3) is 3.37. The largest absolute Gasteiger partial charge is 0.507 e. The molecule has 4 nitrogen and oxygen atoms in total. The van der Waals surface area contributed by atoms with Gasteiger partial charge in [0.25, 0.3) is 0 Å². The molecule has 1 fully saturated rings. The molecule has 1 aliphatic rings. The number of nitrogens with two attached hydrogens (primary N) is 1. The third-order valence-corrected chi connectivity index (χ3v) is 4.47. The van der Waals surface area contributed by atoms with E-state index in [1.54, 1.807) is 18.2 Å². The topological polar surface area (TPSA) is 66.6 Å². The van der Waals surface area contributed by atoms with E-state index in [1.165, 1.54) is 18.4 Å². The van der Waals surface area contributed by atoms with Crippen LogP contribution in [-0.2, 0) is 6.54 Å². The van der Waals surface area contributed by atoms with Crippen molar-refractivity contribution in [2.24, 2.45) is 5.73 Å². The summed E-state index contributed by atoms with van der Waals surface area (Å²) in [6.45, 7) is 5.12. The average Bonchev–Trinajstić information content (AvgIpc) is 3.02. The lowest BCUT2D eigenvalue weighted by Gasteiger charge is -2.16. The molecule has 0 saturated carbocycles. The van der Waals surface area contributed by atoms with Gasteiger partial charge in [-0.3, -0.25) is 9.69 Å². The summed E-state index contributed by atoms with van der Waals surface area (Å²) in [6, 6.07) is 11.1. The Bertz CT molecular complexity index is 734. The second-order valence-electron chi connectivity index (χ2n) is 6.23. The quantitative estimate of drug-likeness (QED) is 0.912. The number of nitrogens with zero attached hydrogens (tertiary/aromatic N) is 1. The minimum Gasteiger partial charge on any atom is -0.507 e. The molecule has 0 bridgehead atoms. The van der Waals surface area contributed by atoms with Crippen LogP contribution in [0.1, 0.15) is 34.3 Å². The first-order chi connectivity index (χ1) is 11.0. The first-order valence-electron chi connectivity index (χ1n) is 7.99. The zero-order chi connectivity index (χ0) is 16.4. The standard InChI is InChI=1S/C19H22N2O2/c1-13-10-15(19(20)23)5-6-16(13)17-11-14(4-7-18(17)22)12-21-8-2-3-9-21/h4-7,10-11,22H,2-3,8-9,12H2,1H3,(H2,20,23). The van der Waals surface area contributed by atoms with Crippen molar-refractivity contribution in [1.82, 2.24) is 4.90 Å². The average molecular weight is 310 g/mol. The highest BCUT2D eigenvalue weighted by Gasteiger charge is 2.14. The lowest BCUT2D eigenvalue weighted by atomic mass is 9.96. The third-order valence-electron chi connectivity index (χ3n) is 4.47. The van der Waals surface area contributed by atoms with Crippen LogP contribution in [0.2, 0.25) is 0 Å². The number of carbonyl (C=O) groups is 1. The Morgan fingerprint density at radius 1 is 1.13 bits per heavy atom. The van der Waals surface area contributed by atoms with Gasteiger partial charge >= 0.3 is 0 Å². The van der Waals surface area contributed by atoms with E-state index in [1.807, 2.05) is 25.1 Å². The van der Waals surface area contributed by atoms with Crippen molar-refractivity contribution in [3.05, 3.63) is 53.1 Å². The number of hydrogen-bond donors (Lipinski definition) is 2. The molecule has 1 heterocycles. The summed E-state index contributed by atoms with van der Waals surface area (Å²) in [4.78, 5) is 13.7. The Morgan fingerprint density at radius 3 is 2.52 bits per heavy atom. The summed E-state index contributed by atoms with van der Waals surface area (Å²) in [5.74, 6) is -0.184. The summed E-state index contributed by atoms with van der Waals surface area (Å²) in [6.07, 6.45) is 2.53. The van der Waals surface area contributed by atoms with E-state index in [2.05, 4.69) is 4.90 Å². The fourth-order valence-electron chi connectivity index (χ4n) is 3.22. The molecule has 0 atom stereocenters. The molecular weight excluding hydrogens is 288 g/mol. The Kier molecular flexibility index (Phi) is 4.35. The van der Waals surface area contributed by atoms with Crippen LogP contribution in [0, 0.1) is 6.92 Å². The van der Waals surface area contributed by atoms with Gasteiger partial charge in [0.15, 0.2) is 0 Å². The number of primary amides is 1. The predicted octanol–water partition coefficient (Wildman–Crippen LogP) is 3.06. The molecule has 0 aliphatic carbocycles. The van der Waals surface area contributed by atoms with Crippen molar-refractivity contribution in [3.63, 3.8) is 0 Å². The van der Waals surface area contributed by atoms with Crippen LogP contribution >= 0.6 is 0 Å². The zero-order valence-electron chi connectivity index (χ0n) is 13.4. The van der Waals surface area contributed by atoms with E-state index < -0.39 is 5.91 Å². The molecule has 0 spiro atoms. The van der Waals surface area contributed by atoms with Crippen LogP contribution in [-0.4, -0.2) is 29.0 Å². The molecule has 4 heteroatoms. The van der Waals surface area contributed by atoms with E-state index in [0.717, 1.165) is 36.3 Å². The second kappa shape index (κ2) is 6.42. The normalized spacial score (nSPS) is 15.0. The van der Waals surface area contributed by atoms with Crippen molar-refractivity contribution >= 4 is 5.91 Å². The predicted molar refractivity (Wildman–Crippen MR) is 91.3 cm³/mol. The molecule has 23 heavy (non-hydrogen) atoms. The SMILES string of the molecule is Cc1cc(C(N)=O)ccc1-c1cc(CN2CCCC2)ccc1O. The van der Waals surface area contributed by atoms with E-state index in [0.29, 0.717) is 5.56 Å². The number of phenolic OH excluding ortho intramolecular Hbond substituents is 1. The molecule has 3 rings (SSSR count). The van der Waals surface area contributed by atoms with Crippen LogP contribution < -0.4 is 5.73 Å². The summed E-state index contributed by atoms with van der Waals surface area (Å²) < 4.78 is 0. The Hall–Kier alpha value is -2.33. The highest BCUT2D eigenvalue weighted by atomic mass is 16.3. The number of benzene rings is 2. The summed E-state index contributed by atoms with van der Waals surface area (Å²) >= 11 is 0. The van der Waals surface area contributed by atoms with Crippen LogP contribution in [0.4, 0.5) is 0 Å². The van der Waals surface area contributed by atoms with Crippen molar-refractivity contribution in [2.45, 2.75) is 26.3 Å². The lowest BCUT2D eigenvalue weighted by Crippen LogP contribution is -2.18. The van der Waals surface area contributed by atoms with E-state index in [4.69, 9.17) is 5.73 Å². The van der Waals surface area contributed by atoms with Crippen molar-refractivity contribution in [2.75, 3.05) is 13.1 Å². The number of aryl methyl sites for hydroxylation is 1. The fourth-order valence-corrected chi connectivity index (χ4v) is 3.22. The number of amides is 1. The van der Waals surface area contributed by atoms with Crippen molar-refractivity contribution in [3.8, 4) is 16.9 Å². The molecule has 2 aromatic rings. The van der Waals surface area contributed by atoms with Gasteiger partial charge < -0.3 is 10.8 Å². The van der Waals surface area contributed by atoms with E-state index in [-0.39, 0.29) is 5.75 Å². The molecule has 2 aromatic carbocycles. The highest BCUT2D eigenvalue weighted by Crippen LogP contribution is 2.33.